The number of amides is 1. The zero-order valence-corrected chi connectivity index (χ0v) is 10.6. The third kappa shape index (κ3) is 3.35. The molecule has 2 atom stereocenters. The Hall–Kier alpha value is -1.79. The van der Waals surface area contributed by atoms with Crippen LogP contribution < -0.4 is 11.1 Å². The molecule has 1 aliphatic carbocycles. The van der Waals surface area contributed by atoms with Crippen LogP contribution in [0.4, 0.5) is 0 Å². The Kier molecular flexibility index (Phi) is 4.01. The Morgan fingerprint density at radius 3 is 3.00 bits per heavy atom. The minimum atomic E-state index is 0.168. The van der Waals surface area contributed by atoms with E-state index in [9.17, 15) is 4.79 Å². The minimum Gasteiger partial charge on any atom is -0.352 e. The molecule has 1 aromatic carbocycles. The first-order valence-corrected chi connectivity index (χ1v) is 6.26. The van der Waals surface area contributed by atoms with E-state index >= 15 is 0 Å². The van der Waals surface area contributed by atoms with Gasteiger partial charge in [-0.2, -0.15) is 0 Å². The first kappa shape index (κ1) is 12.7. The summed E-state index contributed by atoms with van der Waals surface area (Å²) in [5.74, 6) is 6.75. The summed E-state index contributed by atoms with van der Waals surface area (Å²) in [5, 5.41) is 2.96. The normalized spacial score (nSPS) is 20.8. The quantitative estimate of drug-likeness (QED) is 0.784. The van der Waals surface area contributed by atoms with Gasteiger partial charge in [0.15, 0.2) is 0 Å². The molecule has 1 saturated carbocycles. The molecule has 0 aromatic heterocycles. The molecule has 3 nitrogen and oxygen atoms in total. The number of hydrogen-bond acceptors (Lipinski definition) is 2. The van der Waals surface area contributed by atoms with Crippen molar-refractivity contribution >= 4 is 5.91 Å². The third-order valence-corrected chi connectivity index (χ3v) is 3.17. The third-order valence-electron chi connectivity index (χ3n) is 3.17. The monoisotopic (exact) mass is 242 g/mol. The molecule has 3 N–H and O–H groups in total. The highest BCUT2D eigenvalue weighted by molar-refractivity contribution is 5.81. The summed E-state index contributed by atoms with van der Waals surface area (Å²) in [7, 11) is 0. The van der Waals surface area contributed by atoms with Gasteiger partial charge in [-0.05, 0) is 30.0 Å². The zero-order valence-electron chi connectivity index (χ0n) is 10.6. The van der Waals surface area contributed by atoms with Crippen molar-refractivity contribution < 1.29 is 4.79 Å². The zero-order chi connectivity index (χ0) is 13.0. The van der Waals surface area contributed by atoms with E-state index in [-0.39, 0.29) is 11.8 Å². The van der Waals surface area contributed by atoms with E-state index in [0.717, 1.165) is 17.5 Å². The average Bonchev–Trinajstić information content (AvgIpc) is 3.11. The van der Waals surface area contributed by atoms with Crippen molar-refractivity contribution in [1.29, 1.82) is 0 Å². The molecule has 18 heavy (non-hydrogen) atoms. The summed E-state index contributed by atoms with van der Waals surface area (Å²) in [6.45, 7) is 3.04. The van der Waals surface area contributed by atoms with Crippen molar-refractivity contribution in [3.8, 4) is 11.8 Å². The Morgan fingerprint density at radius 1 is 1.56 bits per heavy atom. The van der Waals surface area contributed by atoms with Crippen molar-refractivity contribution in [2.75, 3.05) is 6.54 Å². The number of carbonyl (C=O) groups excluding carboxylic acids is 1. The largest absolute Gasteiger partial charge is 0.352 e. The Balaban J connectivity index is 1.91. The number of carbonyl (C=O) groups is 1. The first-order chi connectivity index (χ1) is 8.70. The van der Waals surface area contributed by atoms with Gasteiger partial charge < -0.3 is 11.1 Å². The van der Waals surface area contributed by atoms with E-state index in [1.165, 1.54) is 0 Å². The summed E-state index contributed by atoms with van der Waals surface area (Å²) >= 11 is 0. The maximum Gasteiger partial charge on any atom is 0.223 e. The molecule has 2 rings (SSSR count). The maximum atomic E-state index is 11.7. The molecule has 94 valence electrons. The molecule has 0 spiro atoms. The molecule has 3 heteroatoms. The summed E-state index contributed by atoms with van der Waals surface area (Å²) in [4.78, 5) is 11.7. The van der Waals surface area contributed by atoms with E-state index in [1.807, 2.05) is 24.3 Å². The maximum absolute atomic E-state index is 11.7. The lowest BCUT2D eigenvalue weighted by Crippen LogP contribution is -2.24. The second-order valence-corrected chi connectivity index (χ2v) is 4.74. The van der Waals surface area contributed by atoms with E-state index in [1.54, 1.807) is 0 Å². The van der Waals surface area contributed by atoms with Crippen LogP contribution in [0, 0.1) is 23.7 Å². The SMILES string of the molecule is CC1CC1C(=O)NCc1cccc(C#CCN)c1. The molecular formula is C15H18N2O. The van der Waals surface area contributed by atoms with Crippen LogP contribution in [0.3, 0.4) is 0 Å². The van der Waals surface area contributed by atoms with E-state index in [0.29, 0.717) is 19.0 Å². The molecule has 2 unspecified atom stereocenters. The summed E-state index contributed by atoms with van der Waals surface area (Å²) in [6, 6.07) is 7.86. The standard InChI is InChI=1S/C15H18N2O/c1-11-8-14(11)15(18)17-10-13-5-2-4-12(9-13)6-3-7-16/h2,4-5,9,11,14H,7-8,10,16H2,1H3,(H,17,18). The minimum absolute atomic E-state index is 0.168. The molecule has 1 amide bonds. The predicted octanol–water partition coefficient (Wildman–Crippen LogP) is 1.27. The van der Waals surface area contributed by atoms with Crippen LogP contribution in [0.25, 0.3) is 0 Å². The number of nitrogens with two attached hydrogens (primary N) is 1. The van der Waals surface area contributed by atoms with Crippen LogP contribution in [-0.2, 0) is 11.3 Å². The van der Waals surface area contributed by atoms with E-state index < -0.39 is 0 Å². The van der Waals surface area contributed by atoms with Crippen LogP contribution in [0.2, 0.25) is 0 Å². The Morgan fingerprint density at radius 2 is 2.33 bits per heavy atom. The predicted molar refractivity (Wildman–Crippen MR) is 71.5 cm³/mol. The van der Waals surface area contributed by atoms with E-state index in [4.69, 9.17) is 5.73 Å². The van der Waals surface area contributed by atoms with Gasteiger partial charge in [0.2, 0.25) is 5.91 Å². The first-order valence-electron chi connectivity index (χ1n) is 6.26. The number of nitrogens with one attached hydrogen (secondary N) is 1. The molecule has 0 heterocycles. The molecular weight excluding hydrogens is 224 g/mol. The van der Waals surface area contributed by atoms with Gasteiger partial charge in [-0.1, -0.05) is 30.9 Å². The second-order valence-electron chi connectivity index (χ2n) is 4.74. The average molecular weight is 242 g/mol. The van der Waals surface area contributed by atoms with Crippen molar-refractivity contribution in [2.45, 2.75) is 19.9 Å². The van der Waals surface area contributed by atoms with Crippen LogP contribution in [0.15, 0.2) is 24.3 Å². The molecule has 1 aliphatic rings. The van der Waals surface area contributed by atoms with Crippen LogP contribution >= 0.6 is 0 Å². The van der Waals surface area contributed by atoms with Gasteiger partial charge in [0.05, 0.1) is 6.54 Å². The van der Waals surface area contributed by atoms with Gasteiger partial charge in [-0.15, -0.1) is 0 Å². The highest BCUT2D eigenvalue weighted by Gasteiger charge is 2.38. The molecule has 0 aliphatic heterocycles. The lowest BCUT2D eigenvalue weighted by molar-refractivity contribution is -0.122. The highest BCUT2D eigenvalue weighted by atomic mass is 16.2. The van der Waals surface area contributed by atoms with Gasteiger partial charge in [0.25, 0.3) is 0 Å². The number of hydrogen-bond donors (Lipinski definition) is 2. The Labute approximate surface area is 108 Å². The van der Waals surface area contributed by atoms with Crippen LogP contribution in [0.1, 0.15) is 24.5 Å². The van der Waals surface area contributed by atoms with Crippen molar-refractivity contribution in [2.24, 2.45) is 17.6 Å². The van der Waals surface area contributed by atoms with Gasteiger partial charge in [-0.3, -0.25) is 4.79 Å². The smallest absolute Gasteiger partial charge is 0.223 e. The van der Waals surface area contributed by atoms with Crippen molar-refractivity contribution in [3.05, 3.63) is 35.4 Å². The lowest BCUT2D eigenvalue weighted by atomic mass is 10.1. The number of benzene rings is 1. The van der Waals surface area contributed by atoms with Gasteiger partial charge in [-0.25, -0.2) is 0 Å². The summed E-state index contributed by atoms with van der Waals surface area (Å²) in [5.41, 5.74) is 7.34. The molecule has 1 aromatic rings. The second kappa shape index (κ2) is 5.70. The lowest BCUT2D eigenvalue weighted by Gasteiger charge is -2.05. The van der Waals surface area contributed by atoms with Gasteiger partial charge in [0.1, 0.15) is 0 Å². The summed E-state index contributed by atoms with van der Waals surface area (Å²) < 4.78 is 0. The topological polar surface area (TPSA) is 55.1 Å². The summed E-state index contributed by atoms with van der Waals surface area (Å²) in [6.07, 6.45) is 1.02. The highest BCUT2D eigenvalue weighted by Crippen LogP contribution is 2.37. The van der Waals surface area contributed by atoms with Crippen molar-refractivity contribution in [1.82, 2.24) is 5.32 Å². The number of rotatable bonds is 3. The van der Waals surface area contributed by atoms with Crippen LogP contribution in [-0.4, -0.2) is 12.5 Å². The fraction of sp³-hybridized carbons (Fsp3) is 0.400. The molecule has 0 radical (unpaired) electrons. The van der Waals surface area contributed by atoms with E-state index in [2.05, 4.69) is 24.1 Å². The Bertz CT molecular complexity index is 499. The van der Waals surface area contributed by atoms with Crippen molar-refractivity contribution in [3.63, 3.8) is 0 Å². The van der Waals surface area contributed by atoms with Crippen LogP contribution in [0.5, 0.6) is 0 Å². The molecule has 1 fully saturated rings. The molecule has 0 saturated heterocycles. The molecule has 0 bridgehead atoms. The van der Waals surface area contributed by atoms with Gasteiger partial charge >= 0.3 is 0 Å². The fourth-order valence-corrected chi connectivity index (χ4v) is 1.92. The van der Waals surface area contributed by atoms with Gasteiger partial charge in [0, 0.05) is 18.0 Å². The fourth-order valence-electron chi connectivity index (χ4n) is 1.92.